The molecule has 0 spiro atoms. The molecule has 1 aliphatic carbocycles. The van der Waals surface area contributed by atoms with Crippen molar-refractivity contribution in [1.29, 1.82) is 0 Å². The zero-order chi connectivity index (χ0) is 18.9. The van der Waals surface area contributed by atoms with Crippen LogP contribution in [0.5, 0.6) is 5.75 Å². The van der Waals surface area contributed by atoms with Crippen molar-refractivity contribution in [3.05, 3.63) is 53.3 Å². The van der Waals surface area contributed by atoms with Gasteiger partial charge in [0.1, 0.15) is 12.5 Å². The maximum Gasteiger partial charge on any atom is 0.206 e. The number of azo groups is 1. The van der Waals surface area contributed by atoms with Crippen LogP contribution in [-0.4, -0.2) is 31.3 Å². The Bertz CT molecular complexity index is 741. The molecule has 1 aliphatic heterocycles. The molecule has 1 atom stereocenters. The van der Waals surface area contributed by atoms with Crippen LogP contribution in [0.25, 0.3) is 0 Å². The van der Waals surface area contributed by atoms with Crippen LogP contribution in [0.3, 0.4) is 0 Å². The highest BCUT2D eigenvalue weighted by Gasteiger charge is 2.17. The lowest BCUT2D eigenvalue weighted by molar-refractivity contribution is 0.0415. The molecule has 0 saturated heterocycles. The third-order valence-corrected chi connectivity index (χ3v) is 5.36. The van der Waals surface area contributed by atoms with E-state index in [0.717, 1.165) is 42.0 Å². The van der Waals surface area contributed by atoms with Crippen molar-refractivity contribution < 1.29 is 9.47 Å². The van der Waals surface area contributed by atoms with E-state index in [0.29, 0.717) is 11.7 Å². The van der Waals surface area contributed by atoms with E-state index < -0.39 is 0 Å². The highest BCUT2D eigenvalue weighted by atomic mass is 32.2. The van der Waals surface area contributed by atoms with E-state index in [1.807, 2.05) is 24.3 Å². The first-order chi connectivity index (χ1) is 13.3. The molecule has 27 heavy (non-hydrogen) atoms. The summed E-state index contributed by atoms with van der Waals surface area (Å²) in [7, 11) is 1.66. The lowest BCUT2D eigenvalue weighted by Crippen LogP contribution is -2.25. The minimum Gasteiger partial charge on any atom is -0.497 e. The second-order valence-electron chi connectivity index (χ2n) is 6.24. The summed E-state index contributed by atoms with van der Waals surface area (Å²) in [5.74, 6) is 1.79. The maximum atomic E-state index is 6.07. The number of hydrogen-bond acceptors (Lipinski definition) is 7. The fourth-order valence-corrected chi connectivity index (χ4v) is 3.46. The third-order valence-electron chi connectivity index (χ3n) is 4.28. The van der Waals surface area contributed by atoms with Gasteiger partial charge >= 0.3 is 0 Å². The van der Waals surface area contributed by atoms with E-state index in [2.05, 4.69) is 39.6 Å². The number of methoxy groups -OCH3 is 1. The van der Waals surface area contributed by atoms with Gasteiger partial charge in [0.25, 0.3) is 0 Å². The summed E-state index contributed by atoms with van der Waals surface area (Å²) in [5.41, 5.74) is 3.32. The largest absolute Gasteiger partial charge is 0.497 e. The zero-order valence-electron chi connectivity index (χ0n) is 15.9. The van der Waals surface area contributed by atoms with Gasteiger partial charge in [0.05, 0.1) is 13.7 Å². The van der Waals surface area contributed by atoms with Crippen LogP contribution in [-0.2, 0) is 4.74 Å². The van der Waals surface area contributed by atoms with Gasteiger partial charge in [-0.3, -0.25) is 0 Å². The number of benzene rings is 1. The molecule has 2 aliphatic rings. The van der Waals surface area contributed by atoms with Crippen molar-refractivity contribution in [3.63, 3.8) is 0 Å². The van der Waals surface area contributed by atoms with Crippen LogP contribution >= 0.6 is 11.8 Å². The second kappa shape index (κ2) is 10.3. The van der Waals surface area contributed by atoms with E-state index in [1.54, 1.807) is 18.9 Å². The minimum atomic E-state index is -0.303. The summed E-state index contributed by atoms with van der Waals surface area (Å²) < 4.78 is 11.3. The van der Waals surface area contributed by atoms with Crippen LogP contribution in [0, 0.1) is 0 Å². The van der Waals surface area contributed by atoms with Gasteiger partial charge < -0.3 is 14.8 Å². The van der Waals surface area contributed by atoms with Gasteiger partial charge in [-0.2, -0.15) is 5.11 Å². The molecule has 1 aromatic rings. The molecule has 0 bridgehead atoms. The van der Waals surface area contributed by atoms with E-state index in [1.165, 1.54) is 5.57 Å². The summed E-state index contributed by atoms with van der Waals surface area (Å²) in [6, 6.07) is 7.89. The van der Waals surface area contributed by atoms with Crippen LogP contribution in [0.2, 0.25) is 0 Å². The number of ether oxygens (including phenoxy) is 2. The molecular weight excluding hydrogens is 360 g/mol. The Kier molecular flexibility index (Phi) is 7.47. The minimum absolute atomic E-state index is 0.223. The average Bonchev–Trinajstić information content (AvgIpc) is 2.75. The van der Waals surface area contributed by atoms with Gasteiger partial charge in [-0.15, -0.1) is 5.11 Å². The zero-order valence-corrected chi connectivity index (χ0v) is 16.7. The van der Waals surface area contributed by atoms with Gasteiger partial charge in [-0.05, 0) is 43.0 Å². The van der Waals surface area contributed by atoms with Crippen LogP contribution < -0.4 is 10.1 Å². The standard InChI is InChI=1S/C20H26N4O2S/c1-3-12-27-20-21-14-26-19(15-8-10-17(25-2)11-9-15)23-18-7-5-4-6-16(18)13-22-24-20/h5,7-11,19,23H,3-4,6,12-14H2,1-2H3/b21-20+,24-22-. The SMILES string of the molecule is CCCSC1=N/COC(c2ccc(OC)cc2)NC2=C(CCC=C2)C/N=N\1. The summed E-state index contributed by atoms with van der Waals surface area (Å²) in [6.07, 6.45) is 7.04. The van der Waals surface area contributed by atoms with Gasteiger partial charge in [-0.25, -0.2) is 4.99 Å². The number of allylic oxidation sites excluding steroid dienone is 2. The van der Waals surface area contributed by atoms with Gasteiger partial charge in [0, 0.05) is 17.0 Å². The number of nitrogens with one attached hydrogen (secondary N) is 1. The molecule has 0 fully saturated rings. The molecule has 6 nitrogen and oxygen atoms in total. The lowest BCUT2D eigenvalue weighted by Gasteiger charge is -2.24. The number of nitrogens with zero attached hydrogens (tertiary/aromatic N) is 3. The molecule has 1 heterocycles. The van der Waals surface area contributed by atoms with Crippen molar-refractivity contribution in [1.82, 2.24) is 5.32 Å². The van der Waals surface area contributed by atoms with Gasteiger partial charge in [0.15, 0.2) is 6.23 Å². The highest BCUT2D eigenvalue weighted by Crippen LogP contribution is 2.25. The first-order valence-corrected chi connectivity index (χ1v) is 10.2. The van der Waals surface area contributed by atoms with Gasteiger partial charge in [-0.1, -0.05) is 36.9 Å². The molecule has 0 amide bonds. The average molecular weight is 387 g/mol. The van der Waals surface area contributed by atoms with E-state index in [-0.39, 0.29) is 13.0 Å². The molecule has 7 heteroatoms. The predicted octanol–water partition coefficient (Wildman–Crippen LogP) is 4.83. The first-order valence-electron chi connectivity index (χ1n) is 9.25. The first kappa shape index (κ1) is 19.6. The predicted molar refractivity (Wildman–Crippen MR) is 110 cm³/mol. The molecular formula is C20H26N4O2S. The third kappa shape index (κ3) is 5.68. The smallest absolute Gasteiger partial charge is 0.206 e. The van der Waals surface area contributed by atoms with Gasteiger partial charge in [0.2, 0.25) is 5.17 Å². The molecule has 144 valence electrons. The fourth-order valence-electron chi connectivity index (χ4n) is 2.81. The number of thioether (sulfide) groups is 1. The van der Waals surface area contributed by atoms with Crippen molar-refractivity contribution >= 4 is 16.9 Å². The number of rotatable bonds is 4. The van der Waals surface area contributed by atoms with Crippen LogP contribution in [0.1, 0.15) is 38.0 Å². The Balaban J connectivity index is 1.86. The Morgan fingerprint density at radius 1 is 1.30 bits per heavy atom. The van der Waals surface area contributed by atoms with E-state index in [9.17, 15) is 0 Å². The van der Waals surface area contributed by atoms with Crippen molar-refractivity contribution in [3.8, 4) is 5.75 Å². The molecule has 1 unspecified atom stereocenters. The Labute approximate surface area is 164 Å². The maximum absolute atomic E-state index is 6.07. The number of amidine groups is 1. The fraction of sp³-hybridized carbons (Fsp3) is 0.450. The van der Waals surface area contributed by atoms with E-state index in [4.69, 9.17) is 9.47 Å². The topological polar surface area (TPSA) is 67.6 Å². The number of aliphatic imine (C=N–C) groups is 1. The summed E-state index contributed by atoms with van der Waals surface area (Å²) >= 11 is 1.62. The summed E-state index contributed by atoms with van der Waals surface area (Å²) in [5, 5.41) is 12.9. The highest BCUT2D eigenvalue weighted by molar-refractivity contribution is 8.13. The molecule has 0 aromatic heterocycles. The van der Waals surface area contributed by atoms with Crippen LogP contribution in [0.15, 0.2) is 62.9 Å². The Hall–Kier alpha value is -2.12. The second-order valence-corrected chi connectivity index (χ2v) is 7.30. The monoisotopic (exact) mass is 386 g/mol. The molecule has 0 saturated carbocycles. The molecule has 1 N–H and O–H groups in total. The Morgan fingerprint density at radius 2 is 2.15 bits per heavy atom. The van der Waals surface area contributed by atoms with E-state index >= 15 is 0 Å². The number of hydrogen-bond donors (Lipinski definition) is 1. The van der Waals surface area contributed by atoms with Crippen molar-refractivity contribution in [2.45, 2.75) is 32.4 Å². The molecule has 0 radical (unpaired) electrons. The normalized spacial score (nSPS) is 23.5. The molecule has 3 rings (SSSR count). The lowest BCUT2D eigenvalue weighted by atomic mass is 10.0. The Morgan fingerprint density at radius 3 is 2.93 bits per heavy atom. The van der Waals surface area contributed by atoms with Crippen molar-refractivity contribution in [2.24, 2.45) is 15.2 Å². The van der Waals surface area contributed by atoms with Crippen LogP contribution in [0.4, 0.5) is 0 Å². The summed E-state index contributed by atoms with van der Waals surface area (Å²) in [4.78, 5) is 4.49. The molecule has 1 aromatic carbocycles. The van der Waals surface area contributed by atoms with Crippen molar-refractivity contribution in [2.75, 3.05) is 26.1 Å². The quantitative estimate of drug-likeness (QED) is 0.805. The summed E-state index contributed by atoms with van der Waals surface area (Å²) in [6.45, 7) is 2.94.